The van der Waals surface area contributed by atoms with Crippen molar-refractivity contribution in [2.24, 2.45) is 0 Å². The lowest BCUT2D eigenvalue weighted by Gasteiger charge is -2.46. The van der Waals surface area contributed by atoms with E-state index in [2.05, 4.69) is 180 Å². The van der Waals surface area contributed by atoms with Crippen LogP contribution < -0.4 is 42.6 Å². The highest BCUT2D eigenvalue weighted by Gasteiger charge is 2.49. The molecule has 0 saturated heterocycles. The summed E-state index contributed by atoms with van der Waals surface area (Å²) in [6.07, 6.45) is 0. The third-order valence-corrected chi connectivity index (χ3v) is 10.9. The average molecular weight is 606 g/mol. The van der Waals surface area contributed by atoms with Gasteiger partial charge in [-0.3, -0.25) is 0 Å². The quantitative estimate of drug-likeness (QED) is 0.198. The van der Waals surface area contributed by atoms with Gasteiger partial charge in [-0.1, -0.05) is 132 Å². The molecule has 8 aromatic carbocycles. The fourth-order valence-electron chi connectivity index (χ4n) is 9.11. The normalized spacial score (nSPS) is 13.7. The first-order valence-corrected chi connectivity index (χ1v) is 16.9. The molecule has 0 spiro atoms. The van der Waals surface area contributed by atoms with Crippen molar-refractivity contribution < 1.29 is 0 Å². The minimum atomic E-state index is 0.0950. The van der Waals surface area contributed by atoms with Gasteiger partial charge in [-0.25, -0.2) is 0 Å². The fraction of sp³-hybridized carbons (Fsp3) is 0. The summed E-state index contributed by atoms with van der Waals surface area (Å²) in [6.45, 7) is 0.190. The van der Waals surface area contributed by atoms with E-state index >= 15 is 0 Å². The van der Waals surface area contributed by atoms with Gasteiger partial charge in [0.1, 0.15) is 0 Å². The molecular weight excluding hydrogens is 578 g/mol. The SMILES string of the molecule is c1ccc(N2c3cccc4c3B(c3cccc5c3B4c3c(ccc4ccccc34)N5c3ccccc3)c3c2ccc2ccccc32)cc1. The van der Waals surface area contributed by atoms with E-state index in [9.17, 15) is 0 Å². The Bertz CT molecular complexity index is 2420. The van der Waals surface area contributed by atoms with E-state index in [4.69, 9.17) is 0 Å². The average Bonchev–Trinajstić information content (AvgIpc) is 3.16. The molecule has 3 aliphatic rings. The summed E-state index contributed by atoms with van der Waals surface area (Å²) < 4.78 is 0. The fourth-order valence-corrected chi connectivity index (χ4v) is 9.11. The van der Waals surface area contributed by atoms with Gasteiger partial charge >= 0.3 is 0 Å². The topological polar surface area (TPSA) is 6.48 Å². The van der Waals surface area contributed by atoms with Crippen molar-refractivity contribution in [2.45, 2.75) is 0 Å². The second kappa shape index (κ2) is 9.76. The molecule has 0 saturated carbocycles. The molecule has 11 rings (SSSR count). The Morgan fingerprint density at radius 2 is 0.688 bits per heavy atom. The summed E-state index contributed by atoms with van der Waals surface area (Å²) in [7, 11) is 0. The summed E-state index contributed by atoms with van der Waals surface area (Å²) in [5.74, 6) is 0. The largest absolute Gasteiger partial charge is 0.312 e. The number of rotatable bonds is 2. The molecule has 3 aliphatic heterocycles. The van der Waals surface area contributed by atoms with Crippen LogP contribution in [0.3, 0.4) is 0 Å². The van der Waals surface area contributed by atoms with Gasteiger partial charge in [0.05, 0.1) is 0 Å². The van der Waals surface area contributed by atoms with Gasteiger partial charge in [0, 0.05) is 34.1 Å². The lowest BCUT2D eigenvalue weighted by atomic mass is 9.19. The molecule has 0 atom stereocenters. The van der Waals surface area contributed by atoms with Crippen LogP contribution in [-0.2, 0) is 0 Å². The molecule has 0 aromatic heterocycles. The zero-order valence-electron chi connectivity index (χ0n) is 26.2. The van der Waals surface area contributed by atoms with Gasteiger partial charge in [-0.05, 0) is 91.9 Å². The van der Waals surface area contributed by atoms with Gasteiger partial charge in [0.2, 0.25) is 13.4 Å². The maximum atomic E-state index is 2.51. The van der Waals surface area contributed by atoms with E-state index in [0.29, 0.717) is 0 Å². The van der Waals surface area contributed by atoms with Crippen LogP contribution >= 0.6 is 0 Å². The highest BCUT2D eigenvalue weighted by atomic mass is 15.2. The zero-order valence-corrected chi connectivity index (χ0v) is 26.2. The van der Waals surface area contributed by atoms with Crippen LogP contribution in [0.15, 0.2) is 170 Å². The lowest BCUT2D eigenvalue weighted by Crippen LogP contribution is -2.78. The molecule has 8 aromatic rings. The maximum absolute atomic E-state index is 2.51. The van der Waals surface area contributed by atoms with Crippen LogP contribution in [0.5, 0.6) is 0 Å². The highest BCUT2D eigenvalue weighted by molar-refractivity contribution is 7.14. The first-order chi connectivity index (χ1) is 23.9. The molecule has 0 N–H and O–H groups in total. The van der Waals surface area contributed by atoms with Crippen LogP contribution in [0.25, 0.3) is 21.5 Å². The number of hydrogen-bond donors (Lipinski definition) is 0. The molecule has 0 fully saturated rings. The lowest BCUT2D eigenvalue weighted by molar-refractivity contribution is 1.29. The monoisotopic (exact) mass is 606 g/mol. The molecule has 3 heterocycles. The predicted octanol–water partition coefficient (Wildman–Crippen LogP) is 6.91. The van der Waals surface area contributed by atoms with Crippen LogP contribution in [0, 0.1) is 0 Å². The second-order valence-electron chi connectivity index (χ2n) is 13.2. The molecular formula is C44H28B2N2. The Morgan fingerprint density at radius 3 is 1.15 bits per heavy atom. The summed E-state index contributed by atoms with van der Waals surface area (Å²) in [6, 6.07) is 63.1. The number of para-hydroxylation sites is 2. The van der Waals surface area contributed by atoms with Gasteiger partial charge in [-0.2, -0.15) is 0 Å². The number of nitrogens with zero attached hydrogens (tertiary/aromatic N) is 2. The minimum Gasteiger partial charge on any atom is -0.312 e. The van der Waals surface area contributed by atoms with Crippen molar-refractivity contribution in [3.05, 3.63) is 170 Å². The van der Waals surface area contributed by atoms with Crippen LogP contribution in [-0.4, -0.2) is 13.4 Å². The van der Waals surface area contributed by atoms with Crippen molar-refractivity contribution in [1.29, 1.82) is 0 Å². The Kier molecular flexibility index (Phi) is 5.31. The van der Waals surface area contributed by atoms with Gasteiger partial charge in [0.15, 0.2) is 0 Å². The third kappa shape index (κ3) is 3.39. The predicted molar refractivity (Wildman–Crippen MR) is 207 cm³/mol. The number of anilines is 6. The summed E-state index contributed by atoms with van der Waals surface area (Å²) in [5.41, 5.74) is 15.9. The molecule has 0 bridgehead atoms. The minimum absolute atomic E-state index is 0.0950. The molecule has 48 heavy (non-hydrogen) atoms. The Labute approximate surface area is 280 Å². The molecule has 0 amide bonds. The maximum Gasteiger partial charge on any atom is 0.246 e. The Morgan fingerprint density at radius 1 is 0.292 bits per heavy atom. The first kappa shape index (κ1) is 26.1. The van der Waals surface area contributed by atoms with Crippen LogP contribution in [0.4, 0.5) is 34.1 Å². The summed E-state index contributed by atoms with van der Waals surface area (Å²) >= 11 is 0. The van der Waals surface area contributed by atoms with Gasteiger partial charge < -0.3 is 9.80 Å². The van der Waals surface area contributed by atoms with Crippen LogP contribution in [0.1, 0.15) is 0 Å². The standard InChI is InChI=1S/C44H28B2N2/c1-3-15-31(16-4-1)47-37-23-11-21-35-43(37)45(41-33-19-9-7-13-29(33)25-27-39(41)47)36-22-12-24-38-44(36)46(35)42-34-20-10-8-14-30(34)26-28-40(42)48(38)32-17-5-2-6-18-32/h1-28H. The molecule has 2 nitrogen and oxygen atoms in total. The smallest absolute Gasteiger partial charge is 0.246 e. The van der Waals surface area contributed by atoms with E-state index in [0.717, 1.165) is 0 Å². The van der Waals surface area contributed by atoms with E-state index in [-0.39, 0.29) is 13.4 Å². The van der Waals surface area contributed by atoms with E-state index in [1.54, 1.807) is 0 Å². The van der Waals surface area contributed by atoms with E-state index in [1.807, 2.05) is 0 Å². The first-order valence-electron chi connectivity index (χ1n) is 16.9. The van der Waals surface area contributed by atoms with Crippen molar-refractivity contribution in [2.75, 3.05) is 9.80 Å². The van der Waals surface area contributed by atoms with Crippen molar-refractivity contribution in [3.8, 4) is 0 Å². The van der Waals surface area contributed by atoms with E-state index < -0.39 is 0 Å². The highest BCUT2D eigenvalue weighted by Crippen LogP contribution is 2.41. The van der Waals surface area contributed by atoms with Gasteiger partial charge in [-0.15, -0.1) is 0 Å². The molecule has 0 aliphatic carbocycles. The molecule has 0 unspecified atom stereocenters. The van der Waals surface area contributed by atoms with Crippen LogP contribution in [0.2, 0.25) is 0 Å². The third-order valence-electron chi connectivity index (χ3n) is 10.9. The summed E-state index contributed by atoms with van der Waals surface area (Å²) in [5, 5.41) is 5.19. The summed E-state index contributed by atoms with van der Waals surface area (Å²) in [4.78, 5) is 5.02. The van der Waals surface area contributed by atoms with Gasteiger partial charge in [0.25, 0.3) is 0 Å². The number of benzene rings is 8. The molecule has 0 radical (unpaired) electrons. The van der Waals surface area contributed by atoms with Crippen molar-refractivity contribution in [3.63, 3.8) is 0 Å². The van der Waals surface area contributed by atoms with Crippen molar-refractivity contribution in [1.82, 2.24) is 0 Å². The van der Waals surface area contributed by atoms with E-state index in [1.165, 1.54) is 88.4 Å². The number of hydrogen-bond acceptors (Lipinski definition) is 2. The second-order valence-corrected chi connectivity index (χ2v) is 13.2. The Balaban J connectivity index is 1.31. The molecule has 220 valence electrons. The zero-order chi connectivity index (χ0) is 31.3. The Hall–Kier alpha value is -5.99. The molecule has 4 heteroatoms. The number of fused-ring (bicyclic) bond motifs is 10. The van der Waals surface area contributed by atoms with Crippen molar-refractivity contribution >= 4 is 102 Å².